The molecular formula is C20H15Cl2F2N3O. The van der Waals surface area contributed by atoms with Crippen LogP contribution in [0.25, 0.3) is 5.69 Å². The number of aromatic nitrogens is 3. The summed E-state index contributed by atoms with van der Waals surface area (Å²) in [5.74, 6) is -1.14. The van der Waals surface area contributed by atoms with Gasteiger partial charge in [0.15, 0.2) is 11.0 Å². The molecule has 4 nitrogen and oxygen atoms in total. The predicted octanol–water partition coefficient (Wildman–Crippen LogP) is 5.10. The molecular weight excluding hydrogens is 407 g/mol. The van der Waals surface area contributed by atoms with Crippen LogP contribution in [0.4, 0.5) is 8.78 Å². The van der Waals surface area contributed by atoms with Crippen LogP contribution in [0.15, 0.2) is 35.5 Å². The van der Waals surface area contributed by atoms with Crippen molar-refractivity contribution < 1.29 is 8.78 Å². The highest BCUT2D eigenvalue weighted by molar-refractivity contribution is 6.31. The summed E-state index contributed by atoms with van der Waals surface area (Å²) < 4.78 is 29.3. The first-order valence-electron chi connectivity index (χ1n) is 8.63. The van der Waals surface area contributed by atoms with Crippen LogP contribution in [0, 0.1) is 25.5 Å². The Morgan fingerprint density at radius 1 is 1.11 bits per heavy atom. The summed E-state index contributed by atoms with van der Waals surface area (Å²) in [5.41, 5.74) is 1.95. The van der Waals surface area contributed by atoms with E-state index >= 15 is 0 Å². The summed E-state index contributed by atoms with van der Waals surface area (Å²) in [5, 5.41) is -0.290. The molecule has 0 bridgehead atoms. The highest BCUT2D eigenvalue weighted by atomic mass is 35.5. The minimum atomic E-state index is -0.772. The number of rotatable bonds is 3. The van der Waals surface area contributed by atoms with Gasteiger partial charge < -0.3 is 0 Å². The molecule has 144 valence electrons. The molecule has 0 N–H and O–H groups in total. The zero-order valence-corrected chi connectivity index (χ0v) is 16.5. The fraction of sp³-hybridized carbons (Fsp3) is 0.250. The first-order chi connectivity index (χ1) is 13.3. The molecule has 2 atom stereocenters. The molecule has 28 heavy (non-hydrogen) atoms. The lowest BCUT2D eigenvalue weighted by Crippen LogP contribution is -2.24. The van der Waals surface area contributed by atoms with E-state index in [1.54, 1.807) is 26.1 Å². The summed E-state index contributed by atoms with van der Waals surface area (Å²) in [6, 6.07) is 3.21. The Kier molecular flexibility index (Phi) is 4.71. The molecule has 0 aliphatic heterocycles. The van der Waals surface area contributed by atoms with Crippen molar-refractivity contribution in [2.45, 2.75) is 32.1 Å². The van der Waals surface area contributed by atoms with Crippen LogP contribution in [-0.4, -0.2) is 14.5 Å². The van der Waals surface area contributed by atoms with Gasteiger partial charge in [0.2, 0.25) is 0 Å². The molecule has 3 heterocycles. The second-order valence-corrected chi connectivity index (χ2v) is 7.71. The molecule has 3 aromatic rings. The summed E-state index contributed by atoms with van der Waals surface area (Å²) in [6.07, 6.45) is 4.91. The fourth-order valence-corrected chi connectivity index (χ4v) is 4.05. The molecule has 0 aromatic carbocycles. The number of aryl methyl sites for hydroxylation is 2. The van der Waals surface area contributed by atoms with E-state index in [0.29, 0.717) is 16.8 Å². The van der Waals surface area contributed by atoms with E-state index in [-0.39, 0.29) is 27.7 Å². The lowest BCUT2D eigenvalue weighted by Gasteiger charge is -2.16. The van der Waals surface area contributed by atoms with E-state index in [1.807, 2.05) is 0 Å². The highest BCUT2D eigenvalue weighted by Crippen LogP contribution is 2.55. The Balaban J connectivity index is 1.79. The molecule has 0 saturated heterocycles. The Morgan fingerprint density at radius 2 is 1.86 bits per heavy atom. The van der Waals surface area contributed by atoms with E-state index in [1.165, 1.54) is 16.8 Å². The van der Waals surface area contributed by atoms with Crippen molar-refractivity contribution in [2.24, 2.45) is 0 Å². The second kappa shape index (κ2) is 6.94. The average molecular weight is 422 g/mol. The Morgan fingerprint density at radius 3 is 2.57 bits per heavy atom. The topological polar surface area (TPSA) is 47.8 Å². The predicted molar refractivity (Wildman–Crippen MR) is 104 cm³/mol. The summed E-state index contributed by atoms with van der Waals surface area (Å²) >= 11 is 12.2. The van der Waals surface area contributed by atoms with Crippen LogP contribution in [0.3, 0.4) is 0 Å². The van der Waals surface area contributed by atoms with E-state index in [9.17, 15) is 13.6 Å². The van der Waals surface area contributed by atoms with Crippen molar-refractivity contribution in [3.8, 4) is 5.69 Å². The van der Waals surface area contributed by atoms with Crippen molar-refractivity contribution in [1.82, 2.24) is 14.5 Å². The summed E-state index contributed by atoms with van der Waals surface area (Å²) in [7, 11) is 0. The third kappa shape index (κ3) is 3.10. The first kappa shape index (κ1) is 19.0. The Labute approximate surface area is 169 Å². The van der Waals surface area contributed by atoms with Crippen molar-refractivity contribution in [3.63, 3.8) is 0 Å². The maximum Gasteiger partial charge on any atom is 0.274 e. The van der Waals surface area contributed by atoms with Gasteiger partial charge in [0.05, 0.1) is 11.9 Å². The first-order valence-corrected chi connectivity index (χ1v) is 9.38. The van der Waals surface area contributed by atoms with Gasteiger partial charge in [0.1, 0.15) is 10.8 Å². The number of pyridine rings is 3. The zero-order valence-electron chi connectivity index (χ0n) is 15.0. The molecule has 0 amide bonds. The lowest BCUT2D eigenvalue weighted by atomic mass is 10.1. The molecule has 1 saturated carbocycles. The van der Waals surface area contributed by atoms with Gasteiger partial charge in [0, 0.05) is 18.1 Å². The minimum Gasteiger partial charge on any atom is -0.277 e. The van der Waals surface area contributed by atoms with Gasteiger partial charge in [0.25, 0.3) is 5.56 Å². The largest absolute Gasteiger partial charge is 0.277 e. The molecule has 0 spiro atoms. The smallest absolute Gasteiger partial charge is 0.274 e. The SMILES string of the molecule is Cc1cnc(Cl)c(F)c1-n1c(C)cc([C@@H]2CC2c2cncc(F)c2)c(Cl)c1=O. The van der Waals surface area contributed by atoms with Gasteiger partial charge in [-0.25, -0.2) is 13.8 Å². The molecule has 3 aromatic heterocycles. The van der Waals surface area contributed by atoms with Crippen LogP contribution in [0.5, 0.6) is 0 Å². The van der Waals surface area contributed by atoms with Crippen molar-refractivity contribution in [1.29, 1.82) is 0 Å². The van der Waals surface area contributed by atoms with Gasteiger partial charge >= 0.3 is 0 Å². The Bertz CT molecular complexity index is 1160. The van der Waals surface area contributed by atoms with Crippen LogP contribution < -0.4 is 5.56 Å². The van der Waals surface area contributed by atoms with Crippen LogP contribution >= 0.6 is 23.2 Å². The van der Waals surface area contributed by atoms with E-state index in [0.717, 1.165) is 18.2 Å². The van der Waals surface area contributed by atoms with Crippen molar-refractivity contribution in [3.05, 3.63) is 85.3 Å². The molecule has 4 rings (SSSR count). The van der Waals surface area contributed by atoms with Gasteiger partial charge in [-0.05, 0) is 60.9 Å². The van der Waals surface area contributed by atoms with Gasteiger partial charge in [-0.3, -0.25) is 14.3 Å². The normalized spacial score (nSPS) is 18.4. The summed E-state index contributed by atoms with van der Waals surface area (Å²) in [4.78, 5) is 20.6. The standard InChI is InChI=1S/C20H15Cl2F2N3O/c1-9-6-26-19(22)17(24)18(9)27-10(2)3-15(16(21)20(27)28)14-5-13(14)11-4-12(23)8-25-7-11/h3-4,6-8,13-14H,5H2,1-2H3/t13?,14-/m1/s1. The van der Waals surface area contributed by atoms with Gasteiger partial charge in [-0.2, -0.15) is 0 Å². The van der Waals surface area contributed by atoms with E-state index < -0.39 is 17.2 Å². The van der Waals surface area contributed by atoms with Crippen molar-refractivity contribution >= 4 is 23.2 Å². The molecule has 0 radical (unpaired) electrons. The van der Waals surface area contributed by atoms with Gasteiger partial charge in [-0.1, -0.05) is 23.2 Å². The van der Waals surface area contributed by atoms with Crippen LogP contribution in [0.1, 0.15) is 40.6 Å². The summed E-state index contributed by atoms with van der Waals surface area (Å²) in [6.45, 7) is 3.35. The number of nitrogens with zero attached hydrogens (tertiary/aromatic N) is 3. The molecule has 1 fully saturated rings. The number of hydrogen-bond donors (Lipinski definition) is 0. The second-order valence-electron chi connectivity index (χ2n) is 6.98. The maximum absolute atomic E-state index is 14.6. The lowest BCUT2D eigenvalue weighted by molar-refractivity contribution is 0.606. The fourth-order valence-electron chi connectivity index (χ4n) is 3.64. The maximum atomic E-state index is 14.6. The molecule has 1 aliphatic carbocycles. The van der Waals surface area contributed by atoms with Crippen LogP contribution in [0.2, 0.25) is 10.2 Å². The monoisotopic (exact) mass is 421 g/mol. The minimum absolute atomic E-state index is 0.0101. The van der Waals surface area contributed by atoms with Gasteiger partial charge in [-0.15, -0.1) is 0 Å². The molecule has 1 unspecified atom stereocenters. The molecule has 1 aliphatic rings. The third-order valence-corrected chi connectivity index (χ3v) is 5.71. The Hall–Kier alpha value is -2.31. The third-order valence-electron chi connectivity index (χ3n) is 5.06. The highest BCUT2D eigenvalue weighted by Gasteiger charge is 2.42. The van der Waals surface area contributed by atoms with Crippen LogP contribution in [-0.2, 0) is 0 Å². The van der Waals surface area contributed by atoms with Crippen molar-refractivity contribution in [2.75, 3.05) is 0 Å². The van der Waals surface area contributed by atoms with E-state index in [4.69, 9.17) is 23.2 Å². The average Bonchev–Trinajstić information content (AvgIpc) is 3.45. The quantitative estimate of drug-likeness (QED) is 0.552. The molecule has 8 heteroatoms. The van der Waals surface area contributed by atoms with E-state index in [2.05, 4.69) is 9.97 Å². The number of hydrogen-bond acceptors (Lipinski definition) is 3. The number of halogens is 4. The zero-order chi connectivity index (χ0) is 20.2.